The number of rotatable bonds is 9. The van der Waals surface area contributed by atoms with Gasteiger partial charge in [0, 0.05) is 11.6 Å². The number of nitrogens with zero attached hydrogens (tertiary/aromatic N) is 2. The second-order valence-electron chi connectivity index (χ2n) is 9.37. The van der Waals surface area contributed by atoms with Crippen molar-refractivity contribution in [2.75, 3.05) is 20.8 Å². The van der Waals surface area contributed by atoms with Crippen molar-refractivity contribution in [3.63, 3.8) is 0 Å². The number of fused-ring (bicyclic) bond motifs is 1. The standard InChI is InChI=1S/C32H29BrN2O6S/c1-5-40-31(37)28-19(2)34-32-35(29(28)23-13-12-22(38-3)17-26(23)39-4)30(36)27(42-32)16-21-11-14-25(24(33)15-21)41-18-20-9-7-6-8-10-20/h6-17,29H,5,18H2,1-4H3/b27-16-. The number of esters is 1. The Balaban J connectivity index is 1.58. The molecule has 0 spiro atoms. The number of aromatic nitrogens is 1. The van der Waals surface area contributed by atoms with Gasteiger partial charge in [-0.25, -0.2) is 9.79 Å². The number of hydrogen-bond donors (Lipinski definition) is 0. The fourth-order valence-electron chi connectivity index (χ4n) is 4.74. The Bertz CT molecular complexity index is 1840. The van der Waals surface area contributed by atoms with Crippen LogP contribution in [0.5, 0.6) is 17.2 Å². The van der Waals surface area contributed by atoms with Gasteiger partial charge in [-0.2, -0.15) is 0 Å². The van der Waals surface area contributed by atoms with Crippen molar-refractivity contribution in [2.45, 2.75) is 26.5 Å². The van der Waals surface area contributed by atoms with E-state index in [1.165, 1.54) is 23.0 Å². The van der Waals surface area contributed by atoms with Gasteiger partial charge in [0.05, 0.1) is 41.1 Å². The van der Waals surface area contributed by atoms with Crippen LogP contribution in [-0.4, -0.2) is 31.4 Å². The van der Waals surface area contributed by atoms with Crippen LogP contribution in [0.15, 0.2) is 92.3 Å². The maximum atomic E-state index is 14.0. The van der Waals surface area contributed by atoms with Crippen molar-refractivity contribution in [1.29, 1.82) is 0 Å². The van der Waals surface area contributed by atoms with Crippen LogP contribution in [0.4, 0.5) is 0 Å². The van der Waals surface area contributed by atoms with E-state index in [0.29, 0.717) is 44.4 Å². The van der Waals surface area contributed by atoms with Crippen LogP contribution in [0, 0.1) is 0 Å². The first-order valence-corrected chi connectivity index (χ1v) is 14.8. The fraction of sp³-hybridized carbons (Fsp3) is 0.219. The van der Waals surface area contributed by atoms with Crippen LogP contribution in [0.2, 0.25) is 0 Å². The third-order valence-corrected chi connectivity index (χ3v) is 8.35. The Kier molecular flexibility index (Phi) is 8.94. The third-order valence-electron chi connectivity index (χ3n) is 6.74. The second kappa shape index (κ2) is 12.8. The SMILES string of the molecule is CCOC(=O)C1=C(C)N=c2s/c(=C\c3ccc(OCc4ccccc4)c(Br)c3)c(=O)n2C1c1ccc(OC)cc1OC. The van der Waals surface area contributed by atoms with E-state index in [9.17, 15) is 9.59 Å². The van der Waals surface area contributed by atoms with Crippen LogP contribution < -0.4 is 29.1 Å². The van der Waals surface area contributed by atoms with E-state index < -0.39 is 12.0 Å². The van der Waals surface area contributed by atoms with Crippen LogP contribution >= 0.6 is 27.3 Å². The first-order valence-electron chi connectivity index (χ1n) is 13.2. The molecule has 8 nitrogen and oxygen atoms in total. The first-order chi connectivity index (χ1) is 20.3. The zero-order valence-corrected chi connectivity index (χ0v) is 26.0. The molecule has 3 aromatic carbocycles. The molecule has 0 saturated heterocycles. The Labute approximate surface area is 255 Å². The second-order valence-corrected chi connectivity index (χ2v) is 11.2. The maximum Gasteiger partial charge on any atom is 0.338 e. The number of halogens is 1. The summed E-state index contributed by atoms with van der Waals surface area (Å²) in [6.07, 6.45) is 1.81. The highest BCUT2D eigenvalue weighted by atomic mass is 79.9. The summed E-state index contributed by atoms with van der Waals surface area (Å²) in [5.74, 6) is 1.22. The Morgan fingerprint density at radius 3 is 2.52 bits per heavy atom. The number of thiazole rings is 1. The van der Waals surface area contributed by atoms with Crippen molar-refractivity contribution in [3.8, 4) is 17.2 Å². The van der Waals surface area contributed by atoms with Gasteiger partial charge in [-0.3, -0.25) is 9.36 Å². The molecular formula is C32H29BrN2O6S. The lowest BCUT2D eigenvalue weighted by molar-refractivity contribution is -0.139. The lowest BCUT2D eigenvalue weighted by Gasteiger charge is -2.26. The van der Waals surface area contributed by atoms with Gasteiger partial charge in [0.1, 0.15) is 29.9 Å². The molecule has 1 aliphatic rings. The smallest absolute Gasteiger partial charge is 0.338 e. The number of methoxy groups -OCH3 is 2. The lowest BCUT2D eigenvalue weighted by Crippen LogP contribution is -2.40. The average Bonchev–Trinajstić information content (AvgIpc) is 3.30. The number of allylic oxidation sites excluding steroid dienone is 1. The molecule has 4 aromatic rings. The lowest BCUT2D eigenvalue weighted by atomic mass is 9.95. The van der Waals surface area contributed by atoms with Gasteiger partial charge in [0.2, 0.25) is 0 Å². The van der Waals surface area contributed by atoms with E-state index >= 15 is 0 Å². The number of carbonyl (C=O) groups excluding carboxylic acids is 1. The largest absolute Gasteiger partial charge is 0.497 e. The molecule has 216 valence electrons. The highest BCUT2D eigenvalue weighted by Crippen LogP contribution is 2.37. The normalized spacial score (nSPS) is 14.7. The van der Waals surface area contributed by atoms with Gasteiger partial charge in [-0.1, -0.05) is 47.7 Å². The van der Waals surface area contributed by atoms with Crippen molar-refractivity contribution in [1.82, 2.24) is 4.57 Å². The van der Waals surface area contributed by atoms with Crippen LogP contribution in [-0.2, 0) is 16.1 Å². The number of carbonyl (C=O) groups is 1. The van der Waals surface area contributed by atoms with Gasteiger partial charge >= 0.3 is 5.97 Å². The molecule has 0 fully saturated rings. The molecule has 0 amide bonds. The molecule has 0 N–H and O–H groups in total. The summed E-state index contributed by atoms with van der Waals surface area (Å²) in [5, 5.41) is 0. The minimum absolute atomic E-state index is 0.187. The van der Waals surface area contributed by atoms with E-state index in [-0.39, 0.29) is 17.7 Å². The molecular weight excluding hydrogens is 620 g/mol. The Morgan fingerprint density at radius 1 is 1.05 bits per heavy atom. The first kappa shape index (κ1) is 29.3. The van der Waals surface area contributed by atoms with Crippen molar-refractivity contribution >= 4 is 39.3 Å². The van der Waals surface area contributed by atoms with Crippen LogP contribution in [0.25, 0.3) is 6.08 Å². The van der Waals surface area contributed by atoms with Gasteiger partial charge in [0.25, 0.3) is 5.56 Å². The third kappa shape index (κ3) is 5.91. The van der Waals surface area contributed by atoms with Gasteiger partial charge < -0.3 is 18.9 Å². The van der Waals surface area contributed by atoms with Crippen LogP contribution in [0.1, 0.15) is 36.6 Å². The summed E-state index contributed by atoms with van der Waals surface area (Å²) in [6, 6.07) is 20.1. The van der Waals surface area contributed by atoms with E-state index in [2.05, 4.69) is 20.9 Å². The Morgan fingerprint density at radius 2 is 1.83 bits per heavy atom. The van der Waals surface area contributed by atoms with Crippen molar-refractivity contribution in [3.05, 3.63) is 119 Å². The summed E-state index contributed by atoms with van der Waals surface area (Å²) in [7, 11) is 3.10. The van der Waals surface area contributed by atoms with Gasteiger partial charge in [0.15, 0.2) is 4.80 Å². The molecule has 0 bridgehead atoms. The summed E-state index contributed by atoms with van der Waals surface area (Å²) >= 11 is 4.85. The number of benzene rings is 3. The Hall–Kier alpha value is -4.15. The van der Waals surface area contributed by atoms with Crippen LogP contribution in [0.3, 0.4) is 0 Å². The fourth-order valence-corrected chi connectivity index (χ4v) is 6.30. The molecule has 0 saturated carbocycles. The van der Waals surface area contributed by atoms with E-state index in [0.717, 1.165) is 15.6 Å². The predicted molar refractivity (Wildman–Crippen MR) is 165 cm³/mol. The minimum Gasteiger partial charge on any atom is -0.497 e. The minimum atomic E-state index is -0.802. The molecule has 0 aliphatic carbocycles. The van der Waals surface area contributed by atoms with Crippen molar-refractivity contribution < 1.29 is 23.7 Å². The molecule has 0 radical (unpaired) electrons. The van der Waals surface area contributed by atoms with E-state index in [4.69, 9.17) is 18.9 Å². The van der Waals surface area contributed by atoms with E-state index in [1.54, 1.807) is 45.2 Å². The van der Waals surface area contributed by atoms with E-state index in [1.807, 2.05) is 48.5 Å². The highest BCUT2D eigenvalue weighted by molar-refractivity contribution is 9.10. The molecule has 1 aromatic heterocycles. The molecule has 2 heterocycles. The number of ether oxygens (including phenoxy) is 4. The monoisotopic (exact) mass is 648 g/mol. The summed E-state index contributed by atoms with van der Waals surface area (Å²) < 4.78 is 25.2. The number of hydrogen-bond acceptors (Lipinski definition) is 8. The molecule has 1 atom stereocenters. The van der Waals surface area contributed by atoms with Gasteiger partial charge in [-0.05, 0) is 71.2 Å². The molecule has 10 heteroatoms. The molecule has 5 rings (SSSR count). The quantitative estimate of drug-likeness (QED) is 0.233. The predicted octanol–water partition coefficient (Wildman–Crippen LogP) is 5.16. The summed E-state index contributed by atoms with van der Waals surface area (Å²) in [5.41, 5.74) is 2.96. The van der Waals surface area contributed by atoms with Crippen molar-refractivity contribution in [2.24, 2.45) is 4.99 Å². The summed E-state index contributed by atoms with van der Waals surface area (Å²) in [6.45, 7) is 4.11. The molecule has 1 aliphatic heterocycles. The zero-order valence-electron chi connectivity index (χ0n) is 23.5. The average molecular weight is 650 g/mol. The van der Waals surface area contributed by atoms with Gasteiger partial charge in [-0.15, -0.1) is 0 Å². The molecule has 42 heavy (non-hydrogen) atoms. The molecule has 1 unspecified atom stereocenters. The summed E-state index contributed by atoms with van der Waals surface area (Å²) in [4.78, 5) is 32.3. The zero-order chi connectivity index (χ0) is 29.8. The highest BCUT2D eigenvalue weighted by Gasteiger charge is 2.35. The maximum absolute atomic E-state index is 14.0. The topological polar surface area (TPSA) is 88.4 Å².